The lowest BCUT2D eigenvalue weighted by molar-refractivity contribution is -0.117. The molecule has 0 unspecified atom stereocenters. The number of carbonyl (C=O) groups is 3. The van der Waals surface area contributed by atoms with Crippen molar-refractivity contribution in [2.75, 3.05) is 19.6 Å². The van der Waals surface area contributed by atoms with Gasteiger partial charge in [-0.25, -0.2) is 14.3 Å². The summed E-state index contributed by atoms with van der Waals surface area (Å²) in [7, 11) is 0. The van der Waals surface area contributed by atoms with Gasteiger partial charge in [-0.1, -0.05) is 5.21 Å². The molecule has 0 aliphatic carbocycles. The monoisotopic (exact) mass is 268 g/mol. The molecule has 19 heavy (non-hydrogen) atoms. The molecule has 1 aliphatic rings. The third-order valence-corrected chi connectivity index (χ3v) is 2.67. The number of carboxylic acids is 1. The third-order valence-electron chi connectivity index (χ3n) is 2.67. The second kappa shape index (κ2) is 4.92. The smallest absolute Gasteiger partial charge is 0.358 e. The normalized spacial score (nSPS) is 14.8. The highest BCUT2D eigenvalue weighted by Crippen LogP contribution is 2.19. The largest absolute Gasteiger partial charge is 0.476 e. The number of nitrogens with two attached hydrogens (primary N) is 1. The molecular weight excluding hydrogens is 256 g/mol. The zero-order chi connectivity index (χ0) is 14.0. The minimum Gasteiger partial charge on any atom is -0.476 e. The van der Waals surface area contributed by atoms with Gasteiger partial charge in [-0.15, -0.1) is 5.10 Å². The van der Waals surface area contributed by atoms with Gasteiger partial charge in [0.15, 0.2) is 5.69 Å². The van der Waals surface area contributed by atoms with Crippen molar-refractivity contribution in [1.82, 2.24) is 25.2 Å². The molecule has 1 aromatic rings. The van der Waals surface area contributed by atoms with Gasteiger partial charge in [0.05, 0.1) is 18.8 Å². The van der Waals surface area contributed by atoms with Gasteiger partial charge in [0.2, 0.25) is 5.91 Å². The Morgan fingerprint density at radius 3 is 2.68 bits per heavy atom. The van der Waals surface area contributed by atoms with Gasteiger partial charge in [-0.2, -0.15) is 0 Å². The lowest BCUT2D eigenvalue weighted by atomic mass is 10.1. The lowest BCUT2D eigenvalue weighted by Gasteiger charge is -2.38. The number of carboxylic acid groups (broad SMARTS) is 1. The van der Waals surface area contributed by atoms with E-state index in [1.807, 2.05) is 0 Å². The van der Waals surface area contributed by atoms with E-state index in [1.165, 1.54) is 15.8 Å². The molecule has 0 atom stereocenters. The van der Waals surface area contributed by atoms with Crippen molar-refractivity contribution < 1.29 is 19.5 Å². The molecule has 2 rings (SSSR count). The quantitative estimate of drug-likeness (QED) is 0.577. The molecule has 4 N–H and O–H groups in total. The first-order valence-corrected chi connectivity index (χ1v) is 5.43. The van der Waals surface area contributed by atoms with Crippen molar-refractivity contribution in [3.63, 3.8) is 0 Å². The van der Waals surface area contributed by atoms with Crippen LogP contribution in [0.2, 0.25) is 0 Å². The molecule has 0 aromatic carbocycles. The standard InChI is InChI=1S/C9H12N6O4/c10-7(16)1-11-9(19)14-2-5(3-14)15-4-6(8(17)18)12-13-15/h4-5H,1-3H2,(H2,10,16)(H,11,19)(H,17,18). The molecule has 0 bridgehead atoms. The van der Waals surface area contributed by atoms with Crippen LogP contribution in [0.3, 0.4) is 0 Å². The second-order valence-corrected chi connectivity index (χ2v) is 4.07. The maximum Gasteiger partial charge on any atom is 0.358 e. The van der Waals surface area contributed by atoms with E-state index in [0.717, 1.165) is 0 Å². The highest BCUT2D eigenvalue weighted by atomic mass is 16.4. The minimum atomic E-state index is -1.15. The summed E-state index contributed by atoms with van der Waals surface area (Å²) in [5.74, 6) is -1.77. The fraction of sp³-hybridized carbons (Fsp3) is 0.444. The first-order valence-electron chi connectivity index (χ1n) is 5.43. The number of aromatic nitrogens is 3. The van der Waals surface area contributed by atoms with Crippen LogP contribution < -0.4 is 11.1 Å². The number of primary amides is 1. The number of hydrogen-bond donors (Lipinski definition) is 3. The summed E-state index contributed by atoms with van der Waals surface area (Å²) in [6, 6.07) is -0.506. The molecular formula is C9H12N6O4. The Morgan fingerprint density at radius 2 is 2.16 bits per heavy atom. The molecule has 2 heterocycles. The maximum absolute atomic E-state index is 11.5. The molecule has 0 saturated carbocycles. The van der Waals surface area contributed by atoms with Gasteiger partial charge >= 0.3 is 12.0 Å². The molecule has 0 spiro atoms. The predicted molar refractivity (Wildman–Crippen MR) is 60.2 cm³/mol. The number of urea groups is 1. The van der Waals surface area contributed by atoms with Crippen molar-refractivity contribution in [1.29, 1.82) is 0 Å². The van der Waals surface area contributed by atoms with E-state index in [2.05, 4.69) is 15.6 Å². The van der Waals surface area contributed by atoms with Crippen LogP contribution in [0, 0.1) is 0 Å². The van der Waals surface area contributed by atoms with Gasteiger partial charge < -0.3 is 21.1 Å². The van der Waals surface area contributed by atoms with Gasteiger partial charge in [-0.3, -0.25) is 4.79 Å². The fourth-order valence-electron chi connectivity index (χ4n) is 1.62. The Morgan fingerprint density at radius 1 is 1.47 bits per heavy atom. The van der Waals surface area contributed by atoms with Crippen LogP contribution in [0.4, 0.5) is 4.79 Å². The SMILES string of the molecule is NC(=O)CNC(=O)N1CC(n2cc(C(=O)O)nn2)C1. The summed E-state index contributed by atoms with van der Waals surface area (Å²) in [4.78, 5) is 34.1. The van der Waals surface area contributed by atoms with Crippen molar-refractivity contribution in [3.8, 4) is 0 Å². The Bertz CT molecular complexity index is 521. The van der Waals surface area contributed by atoms with Crippen molar-refractivity contribution in [2.24, 2.45) is 5.73 Å². The van der Waals surface area contributed by atoms with Gasteiger partial charge in [0.1, 0.15) is 0 Å². The van der Waals surface area contributed by atoms with Crippen molar-refractivity contribution >= 4 is 17.9 Å². The van der Waals surface area contributed by atoms with Crippen LogP contribution in [0.25, 0.3) is 0 Å². The van der Waals surface area contributed by atoms with Crippen LogP contribution in [0.1, 0.15) is 16.5 Å². The fourth-order valence-corrected chi connectivity index (χ4v) is 1.62. The van der Waals surface area contributed by atoms with E-state index < -0.39 is 17.9 Å². The first-order chi connectivity index (χ1) is 8.97. The van der Waals surface area contributed by atoms with E-state index in [9.17, 15) is 14.4 Å². The van der Waals surface area contributed by atoms with Gasteiger partial charge in [0.25, 0.3) is 0 Å². The van der Waals surface area contributed by atoms with E-state index in [-0.39, 0.29) is 18.3 Å². The number of amides is 3. The van der Waals surface area contributed by atoms with Crippen LogP contribution in [0.15, 0.2) is 6.20 Å². The summed E-state index contributed by atoms with van der Waals surface area (Å²) in [5, 5.41) is 18.2. The number of rotatable bonds is 4. The first kappa shape index (κ1) is 12.8. The number of hydrogen-bond acceptors (Lipinski definition) is 5. The lowest BCUT2D eigenvalue weighted by Crippen LogP contribution is -2.55. The van der Waals surface area contributed by atoms with Gasteiger partial charge in [0, 0.05) is 13.1 Å². The van der Waals surface area contributed by atoms with Crippen LogP contribution >= 0.6 is 0 Å². The maximum atomic E-state index is 11.5. The molecule has 10 nitrogen and oxygen atoms in total. The van der Waals surface area contributed by atoms with E-state index in [4.69, 9.17) is 10.8 Å². The number of nitrogens with zero attached hydrogens (tertiary/aromatic N) is 4. The number of nitrogens with one attached hydrogen (secondary N) is 1. The predicted octanol–water partition coefficient (Wildman–Crippen LogP) is -1.97. The Balaban J connectivity index is 1.83. The molecule has 102 valence electrons. The van der Waals surface area contributed by atoms with Crippen molar-refractivity contribution in [3.05, 3.63) is 11.9 Å². The summed E-state index contributed by atoms with van der Waals surface area (Å²) in [6.07, 6.45) is 1.31. The van der Waals surface area contributed by atoms with Crippen LogP contribution in [-0.4, -0.2) is 62.5 Å². The minimum absolute atomic E-state index is 0.111. The molecule has 1 saturated heterocycles. The molecule has 0 radical (unpaired) electrons. The van der Waals surface area contributed by atoms with E-state index >= 15 is 0 Å². The molecule has 1 aromatic heterocycles. The van der Waals surface area contributed by atoms with Crippen molar-refractivity contribution in [2.45, 2.75) is 6.04 Å². The highest BCUT2D eigenvalue weighted by Gasteiger charge is 2.33. The summed E-state index contributed by atoms with van der Waals surface area (Å²) < 4.78 is 1.40. The Hall–Kier alpha value is -2.65. The van der Waals surface area contributed by atoms with E-state index in [1.54, 1.807) is 0 Å². The molecule has 10 heteroatoms. The summed E-state index contributed by atoms with van der Waals surface area (Å²) >= 11 is 0. The third kappa shape index (κ3) is 2.78. The zero-order valence-corrected chi connectivity index (χ0v) is 9.81. The molecule has 1 aliphatic heterocycles. The summed E-state index contributed by atoms with van der Waals surface area (Å²) in [5.41, 5.74) is 4.76. The second-order valence-electron chi connectivity index (χ2n) is 4.07. The van der Waals surface area contributed by atoms with E-state index in [0.29, 0.717) is 13.1 Å². The Kier molecular flexibility index (Phi) is 3.31. The highest BCUT2D eigenvalue weighted by molar-refractivity contribution is 5.84. The number of aromatic carboxylic acids is 1. The molecule has 3 amide bonds. The van der Waals surface area contributed by atoms with Crippen LogP contribution in [0.5, 0.6) is 0 Å². The number of carbonyl (C=O) groups excluding carboxylic acids is 2. The number of likely N-dealkylation sites (tertiary alicyclic amines) is 1. The zero-order valence-electron chi connectivity index (χ0n) is 9.81. The topological polar surface area (TPSA) is 143 Å². The average Bonchev–Trinajstić information content (AvgIpc) is 2.73. The Labute approximate surface area is 107 Å². The van der Waals surface area contributed by atoms with Crippen LogP contribution in [-0.2, 0) is 4.79 Å². The molecule has 1 fully saturated rings. The summed E-state index contributed by atoms with van der Waals surface area (Å²) in [6.45, 7) is 0.520. The van der Waals surface area contributed by atoms with Gasteiger partial charge in [-0.05, 0) is 0 Å². The average molecular weight is 268 g/mol.